The van der Waals surface area contributed by atoms with E-state index >= 15 is 0 Å². The number of aromatic hydroxyl groups is 1. The van der Waals surface area contributed by atoms with Gasteiger partial charge in [0.25, 0.3) is 5.91 Å². The van der Waals surface area contributed by atoms with Gasteiger partial charge in [-0.05, 0) is 42.9 Å². The molecular formula is C17H19N3O3. The molecule has 1 aliphatic carbocycles. The Hall–Kier alpha value is -2.55. The number of rotatable bonds is 2. The lowest BCUT2D eigenvalue weighted by atomic mass is 10.0. The fourth-order valence-electron chi connectivity index (χ4n) is 3.25. The first-order valence-electron chi connectivity index (χ1n) is 7.62. The van der Waals surface area contributed by atoms with Crippen LogP contribution in [0.2, 0.25) is 0 Å². The van der Waals surface area contributed by atoms with Gasteiger partial charge in [-0.3, -0.25) is 9.59 Å². The third kappa shape index (κ3) is 2.63. The normalized spacial score (nSPS) is 21.1. The summed E-state index contributed by atoms with van der Waals surface area (Å²) in [5.74, 6) is -0.475. The lowest BCUT2D eigenvalue weighted by molar-refractivity contribution is -0.132. The molecule has 0 radical (unpaired) electrons. The second-order valence-electron chi connectivity index (χ2n) is 6.73. The highest BCUT2D eigenvalue weighted by molar-refractivity contribution is 5.98. The molecule has 2 amide bonds. The van der Waals surface area contributed by atoms with Crippen LogP contribution in [0, 0.1) is 16.7 Å². The summed E-state index contributed by atoms with van der Waals surface area (Å²) in [5, 5.41) is 18.6. The average molecular weight is 313 g/mol. The Morgan fingerprint density at radius 1 is 1.39 bits per heavy atom. The second-order valence-corrected chi connectivity index (χ2v) is 6.73. The van der Waals surface area contributed by atoms with Crippen LogP contribution in [0.5, 0.6) is 5.75 Å². The van der Waals surface area contributed by atoms with Crippen LogP contribution in [0.15, 0.2) is 18.2 Å². The standard InChI is InChI=1S/C17H19N3O3/c1-19(2)16(23)13-8-17(5-6-17)10-20(13)15(22)11-3-4-14(21)12(7-11)9-18/h3-4,7,13,21H,5-6,8,10H2,1-2H3/t13-/m0/s1. The molecule has 0 unspecified atom stereocenters. The number of hydrogen-bond acceptors (Lipinski definition) is 4. The zero-order valence-corrected chi connectivity index (χ0v) is 13.2. The first kappa shape index (κ1) is 15.3. The number of nitriles is 1. The van der Waals surface area contributed by atoms with E-state index in [1.54, 1.807) is 19.0 Å². The van der Waals surface area contributed by atoms with Gasteiger partial charge in [0, 0.05) is 26.2 Å². The number of nitrogens with zero attached hydrogens (tertiary/aromatic N) is 3. The molecule has 2 aliphatic rings. The summed E-state index contributed by atoms with van der Waals surface area (Å²) in [4.78, 5) is 28.4. The van der Waals surface area contributed by atoms with Crippen LogP contribution < -0.4 is 0 Å². The van der Waals surface area contributed by atoms with Gasteiger partial charge in [0.2, 0.25) is 5.91 Å². The first-order valence-corrected chi connectivity index (χ1v) is 7.62. The van der Waals surface area contributed by atoms with Crippen LogP contribution in [0.1, 0.15) is 35.2 Å². The van der Waals surface area contributed by atoms with Crippen LogP contribution >= 0.6 is 0 Å². The predicted octanol–water partition coefficient (Wildman–Crippen LogP) is 1.35. The van der Waals surface area contributed by atoms with Crippen molar-refractivity contribution in [2.75, 3.05) is 20.6 Å². The molecule has 120 valence electrons. The zero-order chi connectivity index (χ0) is 16.8. The van der Waals surface area contributed by atoms with E-state index in [1.165, 1.54) is 23.1 Å². The van der Waals surface area contributed by atoms with Gasteiger partial charge in [-0.25, -0.2) is 0 Å². The van der Waals surface area contributed by atoms with Crippen molar-refractivity contribution >= 4 is 11.8 Å². The van der Waals surface area contributed by atoms with Crippen molar-refractivity contribution in [3.8, 4) is 11.8 Å². The number of phenolic OH excluding ortho intramolecular Hbond substituents is 1. The third-order valence-corrected chi connectivity index (χ3v) is 4.82. The summed E-state index contributed by atoms with van der Waals surface area (Å²) in [7, 11) is 3.38. The predicted molar refractivity (Wildman–Crippen MR) is 82.6 cm³/mol. The van der Waals surface area contributed by atoms with Gasteiger partial charge < -0.3 is 14.9 Å². The van der Waals surface area contributed by atoms with Crippen molar-refractivity contribution in [1.82, 2.24) is 9.80 Å². The van der Waals surface area contributed by atoms with Crippen LogP contribution in [0.3, 0.4) is 0 Å². The minimum Gasteiger partial charge on any atom is -0.507 e. The van der Waals surface area contributed by atoms with E-state index in [2.05, 4.69) is 0 Å². The Bertz CT molecular complexity index is 716. The van der Waals surface area contributed by atoms with Crippen LogP contribution in [-0.2, 0) is 4.79 Å². The molecule has 1 aromatic rings. The monoisotopic (exact) mass is 313 g/mol. The molecule has 0 bridgehead atoms. The zero-order valence-electron chi connectivity index (χ0n) is 13.2. The second kappa shape index (κ2) is 5.27. The maximum Gasteiger partial charge on any atom is 0.254 e. The van der Waals surface area contributed by atoms with Gasteiger partial charge in [-0.15, -0.1) is 0 Å². The average Bonchev–Trinajstić information content (AvgIpc) is 3.17. The third-order valence-electron chi connectivity index (χ3n) is 4.82. The SMILES string of the molecule is CN(C)C(=O)[C@@H]1CC2(CC2)CN1C(=O)c1ccc(O)c(C#N)c1. The molecule has 1 aromatic carbocycles. The highest BCUT2D eigenvalue weighted by Gasteiger charge is 2.55. The molecule has 1 spiro atoms. The molecule has 1 atom stereocenters. The van der Waals surface area contributed by atoms with E-state index in [4.69, 9.17) is 5.26 Å². The van der Waals surface area contributed by atoms with Gasteiger partial charge in [0.05, 0.1) is 5.56 Å². The first-order chi connectivity index (χ1) is 10.9. The molecule has 1 heterocycles. The molecule has 1 N–H and O–H groups in total. The quantitative estimate of drug-likeness (QED) is 0.893. The van der Waals surface area contributed by atoms with Gasteiger partial charge in [-0.2, -0.15) is 5.26 Å². The molecule has 3 rings (SSSR count). The van der Waals surface area contributed by atoms with Crippen molar-refractivity contribution in [2.45, 2.75) is 25.3 Å². The maximum atomic E-state index is 12.8. The smallest absolute Gasteiger partial charge is 0.254 e. The van der Waals surface area contributed by atoms with Gasteiger partial charge in [-0.1, -0.05) is 0 Å². The van der Waals surface area contributed by atoms with Crippen LogP contribution in [0.25, 0.3) is 0 Å². The van der Waals surface area contributed by atoms with E-state index in [0.717, 1.165) is 12.8 Å². The molecule has 2 fully saturated rings. The van der Waals surface area contributed by atoms with Crippen molar-refractivity contribution in [3.63, 3.8) is 0 Å². The molecular weight excluding hydrogens is 294 g/mol. The van der Waals surface area contributed by atoms with Crippen molar-refractivity contribution < 1.29 is 14.7 Å². The largest absolute Gasteiger partial charge is 0.507 e. The number of hydrogen-bond donors (Lipinski definition) is 1. The summed E-state index contributed by atoms with van der Waals surface area (Å²) < 4.78 is 0. The summed E-state index contributed by atoms with van der Waals surface area (Å²) >= 11 is 0. The highest BCUT2D eigenvalue weighted by Crippen LogP contribution is 2.55. The molecule has 1 saturated carbocycles. The van der Waals surface area contributed by atoms with E-state index in [1.807, 2.05) is 6.07 Å². The van der Waals surface area contributed by atoms with Gasteiger partial charge >= 0.3 is 0 Å². The van der Waals surface area contributed by atoms with E-state index < -0.39 is 6.04 Å². The Labute approximate surface area is 134 Å². The minimum absolute atomic E-state index is 0.0617. The lowest BCUT2D eigenvalue weighted by Crippen LogP contribution is -2.45. The van der Waals surface area contributed by atoms with Gasteiger partial charge in [0.15, 0.2) is 0 Å². The maximum absolute atomic E-state index is 12.8. The Morgan fingerprint density at radius 3 is 2.65 bits per heavy atom. The molecule has 6 nitrogen and oxygen atoms in total. The summed E-state index contributed by atoms with van der Waals surface area (Å²) in [6.07, 6.45) is 2.80. The fourth-order valence-corrected chi connectivity index (χ4v) is 3.25. The Morgan fingerprint density at radius 2 is 2.09 bits per heavy atom. The molecule has 23 heavy (non-hydrogen) atoms. The lowest BCUT2D eigenvalue weighted by Gasteiger charge is -2.26. The molecule has 1 saturated heterocycles. The number of amides is 2. The number of phenols is 1. The topological polar surface area (TPSA) is 84.6 Å². The fraction of sp³-hybridized carbons (Fsp3) is 0.471. The summed E-state index contributed by atoms with van der Waals surface area (Å²) in [6.45, 7) is 0.582. The number of carbonyl (C=O) groups is 2. The van der Waals surface area contributed by atoms with Crippen LogP contribution in [-0.4, -0.2) is 53.4 Å². The number of likely N-dealkylation sites (tertiary alicyclic amines) is 1. The summed E-state index contributed by atoms with van der Waals surface area (Å²) in [5.41, 5.74) is 0.487. The minimum atomic E-state index is -0.445. The van der Waals surface area contributed by atoms with Crippen LogP contribution in [0.4, 0.5) is 0 Å². The molecule has 0 aromatic heterocycles. The number of likely N-dealkylation sites (N-methyl/N-ethyl adjacent to an activating group) is 1. The number of benzene rings is 1. The number of carbonyl (C=O) groups excluding carboxylic acids is 2. The van der Waals surface area contributed by atoms with E-state index in [0.29, 0.717) is 18.5 Å². The summed E-state index contributed by atoms with van der Waals surface area (Å²) in [6, 6.07) is 5.64. The molecule has 1 aliphatic heterocycles. The Kier molecular flexibility index (Phi) is 3.52. The Balaban J connectivity index is 1.90. The molecule has 6 heteroatoms. The van der Waals surface area contributed by atoms with Crippen molar-refractivity contribution in [1.29, 1.82) is 5.26 Å². The van der Waals surface area contributed by atoms with Crippen molar-refractivity contribution in [2.24, 2.45) is 5.41 Å². The highest BCUT2D eigenvalue weighted by atomic mass is 16.3. The van der Waals surface area contributed by atoms with Crippen molar-refractivity contribution in [3.05, 3.63) is 29.3 Å². The van der Waals surface area contributed by atoms with E-state index in [9.17, 15) is 14.7 Å². The van der Waals surface area contributed by atoms with Gasteiger partial charge in [0.1, 0.15) is 17.9 Å². The van der Waals surface area contributed by atoms with E-state index in [-0.39, 0.29) is 28.5 Å².